The minimum Gasteiger partial charge on any atom is -0.444 e. The third kappa shape index (κ3) is 16.1. The van der Waals surface area contributed by atoms with Gasteiger partial charge in [0.2, 0.25) is 5.91 Å². The molecule has 1 aromatic heterocycles. The lowest BCUT2D eigenvalue weighted by Gasteiger charge is -2.28. The van der Waals surface area contributed by atoms with Crippen molar-refractivity contribution in [1.82, 2.24) is 19.4 Å². The minimum atomic E-state index is -0.614. The van der Waals surface area contributed by atoms with E-state index in [-0.39, 0.29) is 42.4 Å². The van der Waals surface area contributed by atoms with Crippen LogP contribution in [0.5, 0.6) is 0 Å². The third-order valence-corrected chi connectivity index (χ3v) is 8.86. The Morgan fingerprint density at radius 1 is 0.882 bits per heavy atom. The van der Waals surface area contributed by atoms with Crippen LogP contribution in [0.1, 0.15) is 105 Å². The molecule has 2 heterocycles. The summed E-state index contributed by atoms with van der Waals surface area (Å²) in [6.07, 6.45) is 6.04. The zero-order valence-corrected chi connectivity index (χ0v) is 31.9. The largest absolute Gasteiger partial charge is 0.444 e. The number of benzene rings is 1. The number of amides is 3. The summed E-state index contributed by atoms with van der Waals surface area (Å²) in [5.41, 5.74) is -1.05. The van der Waals surface area contributed by atoms with Crippen LogP contribution in [0, 0.1) is 0 Å². The Balaban J connectivity index is 1.40. The first kappa shape index (κ1) is 41.8. The Bertz CT molecular complexity index is 1440. The molecule has 1 aliphatic heterocycles. The molecule has 0 bridgehead atoms. The summed E-state index contributed by atoms with van der Waals surface area (Å²) in [5.74, 6) is 0.455. The summed E-state index contributed by atoms with van der Waals surface area (Å²) in [7, 11) is 0. The lowest BCUT2D eigenvalue weighted by Crippen LogP contribution is -2.38. The normalized spacial score (nSPS) is 16.1. The van der Waals surface area contributed by atoms with Gasteiger partial charge in [-0.1, -0.05) is 49.6 Å². The van der Waals surface area contributed by atoms with Gasteiger partial charge in [0, 0.05) is 44.5 Å². The highest BCUT2D eigenvalue weighted by Crippen LogP contribution is 2.30. The molecule has 2 N–H and O–H groups in total. The molecule has 0 radical (unpaired) electrons. The maximum absolute atomic E-state index is 13.0. The highest BCUT2D eigenvalue weighted by Gasteiger charge is 2.28. The molecule has 14 heteroatoms. The van der Waals surface area contributed by atoms with Crippen molar-refractivity contribution in [2.24, 2.45) is 0 Å². The molecule has 0 saturated carbocycles. The molecule has 0 unspecified atom stereocenters. The number of thioether (sulfide) groups is 1. The first-order chi connectivity index (χ1) is 24.1. The summed E-state index contributed by atoms with van der Waals surface area (Å²) in [6, 6.07) is 11.4. The van der Waals surface area contributed by atoms with Crippen LogP contribution in [0.3, 0.4) is 0 Å². The first-order valence-electron chi connectivity index (χ1n) is 17.9. The van der Waals surface area contributed by atoms with Gasteiger partial charge < -0.3 is 34.4 Å². The number of hydrogen-bond donors (Lipinski definition) is 2. The van der Waals surface area contributed by atoms with Crippen LogP contribution in [0.25, 0.3) is 0 Å². The van der Waals surface area contributed by atoms with E-state index >= 15 is 0 Å². The Labute approximate surface area is 306 Å². The fourth-order valence-corrected chi connectivity index (χ4v) is 6.23. The molecule has 2 aromatic rings. The van der Waals surface area contributed by atoms with Gasteiger partial charge in [-0.25, -0.2) is 14.4 Å². The summed E-state index contributed by atoms with van der Waals surface area (Å²) in [4.78, 5) is 58.4. The Hall–Kier alpha value is -3.62. The number of carbonyl (C=O) groups excluding carboxylic acids is 3. The van der Waals surface area contributed by atoms with Gasteiger partial charge in [-0.05, 0) is 78.9 Å². The number of ether oxygens (including phenoxy) is 3. The number of aliphatic hydroxyl groups excluding tert-OH is 1. The summed E-state index contributed by atoms with van der Waals surface area (Å²) in [6.45, 7) is 13.1. The van der Waals surface area contributed by atoms with E-state index in [1.807, 2.05) is 71.9 Å². The van der Waals surface area contributed by atoms with Gasteiger partial charge >= 0.3 is 17.9 Å². The van der Waals surface area contributed by atoms with Crippen LogP contribution in [-0.4, -0.2) is 91.2 Å². The molecule has 284 valence electrons. The number of rotatable bonds is 18. The highest BCUT2D eigenvalue weighted by atomic mass is 32.2. The molecule has 1 saturated heterocycles. The molecule has 2 atom stereocenters. The minimum absolute atomic E-state index is 0.133. The van der Waals surface area contributed by atoms with Crippen molar-refractivity contribution < 1.29 is 33.7 Å². The fraction of sp³-hybridized carbons (Fsp3) is 0.649. The molecule has 1 fully saturated rings. The van der Waals surface area contributed by atoms with Crippen molar-refractivity contribution >= 4 is 35.7 Å². The number of nitrogens with one attached hydrogen (secondary N) is 1. The standard InChI is InChI=1S/C37H57N5O8S/c1-36(2,3)49-34(46)40(21-14-7-8-15-23-41(35(47)50-37(4,5)6)25-28-17-11-9-12-18-28)22-16-10-13-19-30(44)38-29-20-24-42(33(45)39-29)31-27-51-32(26-43)48-31/h9,11-12,17-18,20,24,31-32,43H,7-8,10,13-16,19,21-23,25-27H2,1-6H3,(H,38,39,44,45)/t31-,32+/m1/s1. The SMILES string of the molecule is CC(C)(C)OC(=O)N(CCCCCCN(Cc1ccccc1)C(=O)OC(C)(C)C)CCCCCC(=O)Nc1ccn([C@H]2CS[C@@H](CO)O2)c(=O)n1. The molecular formula is C37H57N5O8S. The molecule has 51 heavy (non-hydrogen) atoms. The predicted octanol–water partition coefficient (Wildman–Crippen LogP) is 6.56. The number of hydrogen-bond acceptors (Lipinski definition) is 10. The second kappa shape index (κ2) is 20.4. The van der Waals surface area contributed by atoms with Crippen molar-refractivity contribution in [2.45, 2.75) is 122 Å². The number of aromatic nitrogens is 2. The van der Waals surface area contributed by atoms with Gasteiger partial charge in [-0.15, -0.1) is 11.8 Å². The van der Waals surface area contributed by atoms with Gasteiger partial charge in [-0.2, -0.15) is 4.98 Å². The van der Waals surface area contributed by atoms with E-state index in [2.05, 4.69) is 10.3 Å². The zero-order chi connectivity index (χ0) is 37.4. The molecule has 1 aromatic carbocycles. The van der Waals surface area contributed by atoms with E-state index in [0.29, 0.717) is 44.8 Å². The van der Waals surface area contributed by atoms with Crippen molar-refractivity contribution in [2.75, 3.05) is 37.3 Å². The van der Waals surface area contributed by atoms with Crippen molar-refractivity contribution in [1.29, 1.82) is 0 Å². The van der Waals surface area contributed by atoms with Crippen LogP contribution >= 0.6 is 11.8 Å². The summed E-state index contributed by atoms with van der Waals surface area (Å²) in [5, 5.41) is 11.9. The second-order valence-electron chi connectivity index (χ2n) is 14.7. The van der Waals surface area contributed by atoms with E-state index in [0.717, 1.165) is 37.7 Å². The molecule has 0 spiro atoms. The lowest BCUT2D eigenvalue weighted by molar-refractivity contribution is -0.116. The van der Waals surface area contributed by atoms with Gasteiger partial charge in [0.05, 0.1) is 6.61 Å². The average molecular weight is 732 g/mol. The van der Waals surface area contributed by atoms with E-state index in [1.54, 1.807) is 15.9 Å². The van der Waals surface area contributed by atoms with Crippen molar-refractivity contribution in [3.05, 3.63) is 58.6 Å². The maximum atomic E-state index is 13.0. The fourth-order valence-electron chi connectivity index (χ4n) is 5.30. The Morgan fingerprint density at radius 2 is 1.45 bits per heavy atom. The van der Waals surface area contributed by atoms with Crippen LogP contribution < -0.4 is 11.0 Å². The van der Waals surface area contributed by atoms with Crippen LogP contribution in [0.15, 0.2) is 47.4 Å². The first-order valence-corrected chi connectivity index (χ1v) is 18.9. The Kier molecular flexibility index (Phi) is 16.7. The van der Waals surface area contributed by atoms with Gasteiger partial charge in [0.25, 0.3) is 0 Å². The van der Waals surface area contributed by atoms with Gasteiger partial charge in [0.1, 0.15) is 28.7 Å². The predicted molar refractivity (Wildman–Crippen MR) is 198 cm³/mol. The molecule has 13 nitrogen and oxygen atoms in total. The van der Waals surface area contributed by atoms with Crippen LogP contribution in [-0.2, 0) is 25.5 Å². The number of anilines is 1. The number of aliphatic hydroxyl groups is 1. The summed E-state index contributed by atoms with van der Waals surface area (Å²) < 4.78 is 18.3. The second-order valence-corrected chi connectivity index (χ2v) is 15.9. The average Bonchev–Trinajstić information content (AvgIpc) is 3.52. The topological polar surface area (TPSA) is 153 Å². The van der Waals surface area contributed by atoms with E-state index in [9.17, 15) is 24.3 Å². The van der Waals surface area contributed by atoms with E-state index in [4.69, 9.17) is 14.2 Å². The summed E-state index contributed by atoms with van der Waals surface area (Å²) >= 11 is 1.42. The number of nitrogens with zero attached hydrogens (tertiary/aromatic N) is 4. The monoisotopic (exact) mass is 731 g/mol. The molecule has 1 aliphatic rings. The van der Waals surface area contributed by atoms with Crippen molar-refractivity contribution in [3.8, 4) is 0 Å². The number of unbranched alkanes of at least 4 members (excludes halogenated alkanes) is 5. The molecule has 0 aliphatic carbocycles. The molecule has 3 rings (SSSR count). The molecule has 3 amide bonds. The van der Waals surface area contributed by atoms with Crippen LogP contribution in [0.4, 0.5) is 15.4 Å². The lowest BCUT2D eigenvalue weighted by atomic mass is 10.1. The quantitative estimate of drug-likeness (QED) is 0.161. The van der Waals surface area contributed by atoms with Crippen LogP contribution in [0.2, 0.25) is 0 Å². The maximum Gasteiger partial charge on any atom is 0.410 e. The van der Waals surface area contributed by atoms with Gasteiger partial charge in [0.15, 0.2) is 0 Å². The molecular weight excluding hydrogens is 675 g/mol. The van der Waals surface area contributed by atoms with Crippen molar-refractivity contribution in [3.63, 3.8) is 0 Å². The zero-order valence-electron chi connectivity index (χ0n) is 31.1. The Morgan fingerprint density at radius 3 is 2.00 bits per heavy atom. The highest BCUT2D eigenvalue weighted by molar-refractivity contribution is 8.00. The third-order valence-electron chi connectivity index (χ3n) is 7.75. The smallest absolute Gasteiger partial charge is 0.410 e. The number of carbonyl (C=O) groups is 3. The van der Waals surface area contributed by atoms with E-state index < -0.39 is 23.1 Å². The van der Waals surface area contributed by atoms with Gasteiger partial charge in [-0.3, -0.25) is 9.36 Å². The van der Waals surface area contributed by atoms with E-state index in [1.165, 1.54) is 22.5 Å².